The second kappa shape index (κ2) is 4.32. The summed E-state index contributed by atoms with van der Waals surface area (Å²) in [5, 5.41) is 8.62. The predicted octanol–water partition coefficient (Wildman–Crippen LogP) is 1.08. The highest BCUT2D eigenvalue weighted by molar-refractivity contribution is 5.98. The van der Waals surface area contributed by atoms with Gasteiger partial charge in [0.2, 0.25) is 0 Å². The number of oxazole rings is 1. The molecule has 5 nitrogen and oxygen atoms in total. The molecule has 2 N–H and O–H groups in total. The maximum atomic E-state index is 11.6. The minimum atomic E-state index is -0.532. The van der Waals surface area contributed by atoms with Crippen molar-refractivity contribution in [3.8, 4) is 0 Å². The normalized spacial score (nSPS) is 10.8. The van der Waals surface area contributed by atoms with E-state index in [2.05, 4.69) is 4.98 Å². The van der Waals surface area contributed by atoms with E-state index in [9.17, 15) is 9.59 Å². The summed E-state index contributed by atoms with van der Waals surface area (Å²) >= 11 is 0. The molecule has 0 bridgehead atoms. The fourth-order valence-corrected chi connectivity index (χ4v) is 1.51. The molecule has 0 aliphatic heterocycles. The van der Waals surface area contributed by atoms with Crippen LogP contribution in [0, 0.1) is 0 Å². The first-order chi connectivity index (χ1) is 7.70. The van der Waals surface area contributed by atoms with E-state index in [4.69, 9.17) is 9.52 Å². The van der Waals surface area contributed by atoms with Crippen LogP contribution in [0.5, 0.6) is 0 Å². The maximum absolute atomic E-state index is 11.6. The summed E-state index contributed by atoms with van der Waals surface area (Å²) in [6, 6.07) is 4.78. The molecule has 0 unspecified atom stereocenters. The Morgan fingerprint density at radius 3 is 3.00 bits per heavy atom. The molecule has 0 fully saturated rings. The molecule has 0 aliphatic rings. The van der Waals surface area contributed by atoms with Crippen molar-refractivity contribution < 1.29 is 14.3 Å². The lowest BCUT2D eigenvalue weighted by Crippen LogP contribution is -2.00. The number of fused-ring (bicyclic) bond motifs is 1. The Bertz CT molecular complexity index is 567. The van der Waals surface area contributed by atoms with Crippen LogP contribution < -0.4 is 5.76 Å². The van der Waals surface area contributed by atoms with Crippen molar-refractivity contribution in [3.05, 3.63) is 34.3 Å². The van der Waals surface area contributed by atoms with Crippen molar-refractivity contribution in [2.24, 2.45) is 0 Å². The average Bonchev–Trinajstić information content (AvgIpc) is 2.64. The van der Waals surface area contributed by atoms with Gasteiger partial charge in [-0.1, -0.05) is 0 Å². The summed E-state index contributed by atoms with van der Waals surface area (Å²) in [5.74, 6) is -0.590. The molecule has 0 saturated carbocycles. The Balaban J connectivity index is 2.31. The summed E-state index contributed by atoms with van der Waals surface area (Å²) < 4.78 is 4.82. The van der Waals surface area contributed by atoms with Gasteiger partial charge in [0.25, 0.3) is 0 Å². The number of rotatable bonds is 4. The monoisotopic (exact) mass is 221 g/mol. The van der Waals surface area contributed by atoms with Crippen molar-refractivity contribution in [1.82, 2.24) is 4.98 Å². The number of carbonyl (C=O) groups excluding carboxylic acids is 1. The van der Waals surface area contributed by atoms with Gasteiger partial charge in [0.05, 0.1) is 5.52 Å². The lowest BCUT2D eigenvalue weighted by molar-refractivity contribution is 0.0971. The van der Waals surface area contributed by atoms with E-state index in [0.717, 1.165) is 0 Å². The van der Waals surface area contributed by atoms with Crippen molar-refractivity contribution in [1.29, 1.82) is 0 Å². The largest absolute Gasteiger partial charge is 0.417 e. The number of hydrogen-bond donors (Lipinski definition) is 2. The molecule has 0 spiro atoms. The second-order valence-corrected chi connectivity index (χ2v) is 3.48. The Morgan fingerprint density at radius 2 is 2.25 bits per heavy atom. The fourth-order valence-electron chi connectivity index (χ4n) is 1.51. The van der Waals surface area contributed by atoms with Crippen LogP contribution in [0.2, 0.25) is 0 Å². The van der Waals surface area contributed by atoms with Crippen molar-refractivity contribution in [2.45, 2.75) is 12.8 Å². The second-order valence-electron chi connectivity index (χ2n) is 3.48. The zero-order chi connectivity index (χ0) is 11.5. The quantitative estimate of drug-likeness (QED) is 0.756. The number of Topliss-reactive ketones (excluding diaryl/α,β-unsaturated/α-hetero) is 1. The molecule has 84 valence electrons. The first kappa shape index (κ1) is 10.6. The number of aliphatic hydroxyl groups excluding tert-OH is 1. The predicted molar refractivity (Wildman–Crippen MR) is 57.5 cm³/mol. The standard InChI is InChI=1S/C11H11NO4/c13-5-1-2-9(14)7-3-4-10-8(6-7)12-11(15)16-10/h3-4,6,13H,1-2,5H2,(H,12,15). The summed E-state index contributed by atoms with van der Waals surface area (Å²) in [6.45, 7) is -0.00344. The first-order valence-electron chi connectivity index (χ1n) is 4.97. The third-order valence-corrected chi connectivity index (χ3v) is 2.30. The number of carbonyl (C=O) groups is 1. The molecule has 0 saturated heterocycles. The molecular formula is C11H11NO4. The average molecular weight is 221 g/mol. The highest BCUT2D eigenvalue weighted by Gasteiger charge is 2.08. The maximum Gasteiger partial charge on any atom is 0.417 e. The van der Waals surface area contributed by atoms with Gasteiger partial charge in [0.1, 0.15) is 0 Å². The lowest BCUT2D eigenvalue weighted by Gasteiger charge is -1.98. The Hall–Kier alpha value is -1.88. The number of ketones is 1. The molecule has 2 rings (SSSR count). The van der Waals surface area contributed by atoms with Crippen LogP contribution in [0.15, 0.2) is 27.4 Å². The van der Waals surface area contributed by atoms with Crippen molar-refractivity contribution >= 4 is 16.9 Å². The molecule has 0 aliphatic carbocycles. The van der Waals surface area contributed by atoms with E-state index < -0.39 is 5.76 Å². The molecule has 0 radical (unpaired) electrons. The molecule has 0 atom stereocenters. The van der Waals surface area contributed by atoms with Gasteiger partial charge < -0.3 is 9.52 Å². The van der Waals surface area contributed by atoms with E-state index in [1.54, 1.807) is 18.2 Å². The molecule has 2 aromatic rings. The minimum absolute atomic E-state index is 0.00344. The molecule has 1 aromatic carbocycles. The smallest absolute Gasteiger partial charge is 0.408 e. The van der Waals surface area contributed by atoms with Gasteiger partial charge in [-0.15, -0.1) is 0 Å². The third-order valence-electron chi connectivity index (χ3n) is 2.30. The van der Waals surface area contributed by atoms with E-state index in [1.165, 1.54) is 0 Å². The Morgan fingerprint density at radius 1 is 1.44 bits per heavy atom. The number of aliphatic hydroxyl groups is 1. The van der Waals surface area contributed by atoms with Crippen LogP contribution in [0.4, 0.5) is 0 Å². The van der Waals surface area contributed by atoms with Crippen LogP contribution in [0.1, 0.15) is 23.2 Å². The first-order valence-corrected chi connectivity index (χ1v) is 4.97. The van der Waals surface area contributed by atoms with E-state index in [-0.39, 0.29) is 12.4 Å². The van der Waals surface area contributed by atoms with Gasteiger partial charge in [-0.2, -0.15) is 0 Å². The van der Waals surface area contributed by atoms with Crippen molar-refractivity contribution in [3.63, 3.8) is 0 Å². The number of hydrogen-bond acceptors (Lipinski definition) is 4. The van der Waals surface area contributed by atoms with Crippen LogP contribution >= 0.6 is 0 Å². The highest BCUT2D eigenvalue weighted by Crippen LogP contribution is 2.14. The molecular weight excluding hydrogens is 210 g/mol. The Labute approximate surface area is 90.7 Å². The van der Waals surface area contributed by atoms with Gasteiger partial charge in [0.15, 0.2) is 11.4 Å². The molecule has 1 aromatic heterocycles. The Kier molecular flexibility index (Phi) is 2.87. The van der Waals surface area contributed by atoms with Crippen LogP contribution in [-0.2, 0) is 0 Å². The van der Waals surface area contributed by atoms with E-state index in [0.29, 0.717) is 29.5 Å². The molecule has 1 heterocycles. The topological polar surface area (TPSA) is 83.3 Å². The van der Waals surface area contributed by atoms with Gasteiger partial charge in [-0.25, -0.2) is 4.79 Å². The molecule has 16 heavy (non-hydrogen) atoms. The summed E-state index contributed by atoms with van der Waals surface area (Å²) in [6.07, 6.45) is 0.739. The highest BCUT2D eigenvalue weighted by atomic mass is 16.4. The molecule has 5 heteroatoms. The minimum Gasteiger partial charge on any atom is -0.408 e. The van der Waals surface area contributed by atoms with Gasteiger partial charge in [-0.05, 0) is 24.6 Å². The fraction of sp³-hybridized carbons (Fsp3) is 0.273. The SMILES string of the molecule is O=C(CCCO)c1ccc2oc(=O)[nH]c2c1. The van der Waals surface area contributed by atoms with E-state index in [1.807, 2.05) is 0 Å². The van der Waals surface area contributed by atoms with Gasteiger partial charge in [0, 0.05) is 18.6 Å². The summed E-state index contributed by atoms with van der Waals surface area (Å²) in [7, 11) is 0. The van der Waals surface area contributed by atoms with Gasteiger partial charge >= 0.3 is 5.76 Å². The van der Waals surface area contributed by atoms with Crippen molar-refractivity contribution in [2.75, 3.05) is 6.61 Å². The van der Waals surface area contributed by atoms with Crippen LogP contribution in [-0.4, -0.2) is 22.5 Å². The number of H-pyrrole nitrogens is 1. The molecule has 0 amide bonds. The number of aromatic amines is 1. The summed E-state index contributed by atoms with van der Waals surface area (Å²) in [4.78, 5) is 25.0. The number of aromatic nitrogens is 1. The lowest BCUT2D eigenvalue weighted by atomic mass is 10.1. The number of nitrogens with one attached hydrogen (secondary N) is 1. The third kappa shape index (κ3) is 2.04. The van der Waals surface area contributed by atoms with Gasteiger partial charge in [-0.3, -0.25) is 9.78 Å². The number of benzene rings is 1. The van der Waals surface area contributed by atoms with Crippen LogP contribution in [0.25, 0.3) is 11.1 Å². The summed E-state index contributed by atoms with van der Waals surface area (Å²) in [5.41, 5.74) is 1.46. The zero-order valence-electron chi connectivity index (χ0n) is 8.53. The van der Waals surface area contributed by atoms with E-state index >= 15 is 0 Å². The zero-order valence-corrected chi connectivity index (χ0v) is 8.53. The van der Waals surface area contributed by atoms with Crippen LogP contribution in [0.3, 0.4) is 0 Å².